The molecule has 0 aliphatic heterocycles. The van der Waals surface area contributed by atoms with Gasteiger partial charge < -0.3 is 9.47 Å². The first-order chi connectivity index (χ1) is 6.60. The molecule has 0 N–H and O–H groups in total. The first-order valence-corrected chi connectivity index (χ1v) is 4.46. The Balaban J connectivity index is 4.47. The van der Waals surface area contributed by atoms with Crippen LogP contribution >= 0.6 is 0 Å². The molecule has 0 bridgehead atoms. The Hall–Kier alpha value is -0.930. The zero-order valence-corrected chi connectivity index (χ0v) is 9.29. The Kier molecular flexibility index (Phi) is 6.98. The van der Waals surface area contributed by atoms with E-state index in [2.05, 4.69) is 0 Å². The number of ether oxygens (including phenoxy) is 2. The van der Waals surface area contributed by atoms with Crippen molar-refractivity contribution in [2.45, 2.75) is 13.8 Å². The van der Waals surface area contributed by atoms with Crippen LogP contribution in [0.4, 0.5) is 0 Å². The number of carbonyl (C=O) groups is 1. The van der Waals surface area contributed by atoms with Crippen LogP contribution in [-0.4, -0.2) is 33.2 Å². The Morgan fingerprint density at radius 2 is 1.64 bits per heavy atom. The van der Waals surface area contributed by atoms with Gasteiger partial charge in [-0.15, -0.1) is 0 Å². The molecule has 14 heavy (non-hydrogen) atoms. The van der Waals surface area contributed by atoms with Crippen molar-refractivity contribution >= 4 is 5.78 Å². The quantitative estimate of drug-likeness (QED) is 0.481. The van der Waals surface area contributed by atoms with Crippen molar-refractivity contribution < 1.29 is 14.3 Å². The predicted molar refractivity (Wildman–Crippen MR) is 56.3 cm³/mol. The van der Waals surface area contributed by atoms with E-state index >= 15 is 0 Å². The van der Waals surface area contributed by atoms with E-state index in [-0.39, 0.29) is 12.4 Å². The van der Waals surface area contributed by atoms with Crippen LogP contribution < -0.4 is 0 Å². The van der Waals surface area contributed by atoms with Crippen molar-refractivity contribution in [3.05, 3.63) is 23.3 Å². The lowest BCUT2D eigenvalue weighted by molar-refractivity contribution is -0.118. The van der Waals surface area contributed by atoms with Crippen molar-refractivity contribution in [1.29, 1.82) is 0 Å². The van der Waals surface area contributed by atoms with Crippen LogP contribution in [0.3, 0.4) is 0 Å². The Morgan fingerprint density at radius 1 is 1.07 bits per heavy atom. The fraction of sp³-hybridized carbons (Fsp3) is 0.545. The zero-order valence-electron chi connectivity index (χ0n) is 9.29. The number of hydrogen-bond donors (Lipinski definition) is 0. The third-order valence-corrected chi connectivity index (χ3v) is 1.42. The molecule has 0 spiro atoms. The van der Waals surface area contributed by atoms with Gasteiger partial charge in [0.2, 0.25) is 0 Å². The Labute approximate surface area is 85.4 Å². The maximum Gasteiger partial charge on any atom is 0.181 e. The number of carbonyl (C=O) groups excluding carboxylic acids is 1. The number of allylic oxidation sites excluding steroid dienone is 1. The summed E-state index contributed by atoms with van der Waals surface area (Å²) in [6, 6.07) is 0. The van der Waals surface area contributed by atoms with Gasteiger partial charge in [-0.25, -0.2) is 0 Å². The average Bonchev–Trinajstić information content (AvgIpc) is 2.03. The smallest absolute Gasteiger partial charge is 0.181 e. The van der Waals surface area contributed by atoms with E-state index in [0.717, 1.165) is 11.1 Å². The van der Waals surface area contributed by atoms with Gasteiger partial charge in [-0.1, -0.05) is 11.6 Å². The van der Waals surface area contributed by atoms with Gasteiger partial charge in [0.25, 0.3) is 0 Å². The average molecular weight is 198 g/mol. The molecule has 0 aliphatic carbocycles. The summed E-state index contributed by atoms with van der Waals surface area (Å²) in [5, 5.41) is 0. The molecule has 0 atom stereocenters. The summed E-state index contributed by atoms with van der Waals surface area (Å²) >= 11 is 0. The first kappa shape index (κ1) is 13.1. The van der Waals surface area contributed by atoms with E-state index in [1.54, 1.807) is 13.2 Å². The minimum absolute atomic E-state index is 0.0444. The fourth-order valence-electron chi connectivity index (χ4n) is 1.05. The van der Waals surface area contributed by atoms with E-state index in [4.69, 9.17) is 9.47 Å². The lowest BCUT2D eigenvalue weighted by Gasteiger charge is -2.01. The second-order valence-electron chi connectivity index (χ2n) is 3.27. The highest BCUT2D eigenvalue weighted by Crippen LogP contribution is 2.02. The van der Waals surface area contributed by atoms with E-state index in [9.17, 15) is 4.79 Å². The topological polar surface area (TPSA) is 35.5 Å². The third-order valence-electron chi connectivity index (χ3n) is 1.42. The number of ketones is 1. The summed E-state index contributed by atoms with van der Waals surface area (Å²) in [6.07, 6.45) is 3.48. The Morgan fingerprint density at radius 3 is 2.07 bits per heavy atom. The molecule has 0 radical (unpaired) electrons. The molecule has 0 heterocycles. The van der Waals surface area contributed by atoms with Gasteiger partial charge in [0.15, 0.2) is 5.78 Å². The second-order valence-corrected chi connectivity index (χ2v) is 3.27. The van der Waals surface area contributed by atoms with Crippen molar-refractivity contribution in [2.75, 3.05) is 27.4 Å². The highest BCUT2D eigenvalue weighted by atomic mass is 16.5. The summed E-state index contributed by atoms with van der Waals surface area (Å²) < 4.78 is 9.71. The van der Waals surface area contributed by atoms with Crippen molar-refractivity contribution in [1.82, 2.24) is 0 Å². The summed E-state index contributed by atoms with van der Waals surface area (Å²) in [5.41, 5.74) is 2.01. The van der Waals surface area contributed by atoms with Crippen molar-refractivity contribution in [2.24, 2.45) is 0 Å². The summed E-state index contributed by atoms with van der Waals surface area (Å²) in [7, 11) is 3.11. The number of hydrogen-bond acceptors (Lipinski definition) is 3. The largest absolute Gasteiger partial charge is 0.380 e. The van der Waals surface area contributed by atoms with Crippen molar-refractivity contribution in [3.63, 3.8) is 0 Å². The summed E-state index contributed by atoms with van der Waals surface area (Å²) in [6.45, 7) is 4.51. The van der Waals surface area contributed by atoms with Crippen LogP contribution in [0.1, 0.15) is 13.8 Å². The SMILES string of the molecule is COCC(=O)/C=C(\C=C(C)C)COC. The third kappa shape index (κ3) is 6.57. The molecular formula is C11H18O3. The molecule has 3 heteroatoms. The van der Waals surface area contributed by atoms with Crippen LogP contribution in [0.5, 0.6) is 0 Å². The van der Waals surface area contributed by atoms with Gasteiger partial charge in [-0.2, -0.15) is 0 Å². The second kappa shape index (κ2) is 7.47. The molecule has 80 valence electrons. The summed E-state index contributed by atoms with van der Waals surface area (Å²) in [5.74, 6) is -0.0444. The Bertz CT molecular complexity index is 235. The zero-order chi connectivity index (χ0) is 11.0. The highest BCUT2D eigenvalue weighted by molar-refractivity contribution is 5.91. The maximum atomic E-state index is 11.2. The minimum Gasteiger partial charge on any atom is -0.380 e. The standard InChI is InChI=1S/C11H18O3/c1-9(2)5-10(7-13-3)6-11(12)8-14-4/h5-6H,7-8H2,1-4H3/b10-6+. The van der Waals surface area contributed by atoms with Gasteiger partial charge in [-0.3, -0.25) is 4.79 Å². The van der Waals surface area contributed by atoms with Crippen LogP contribution in [-0.2, 0) is 14.3 Å². The molecule has 0 amide bonds. The van der Waals surface area contributed by atoms with Gasteiger partial charge in [0.05, 0.1) is 6.61 Å². The number of rotatable bonds is 6. The van der Waals surface area contributed by atoms with Gasteiger partial charge in [0.1, 0.15) is 6.61 Å². The minimum atomic E-state index is -0.0444. The lowest BCUT2D eigenvalue weighted by Crippen LogP contribution is -2.05. The van der Waals surface area contributed by atoms with E-state index in [0.29, 0.717) is 6.61 Å². The normalized spacial score (nSPS) is 11.3. The first-order valence-electron chi connectivity index (χ1n) is 4.46. The molecule has 0 saturated carbocycles. The van der Waals surface area contributed by atoms with Gasteiger partial charge >= 0.3 is 0 Å². The molecule has 0 aromatic rings. The van der Waals surface area contributed by atoms with Crippen molar-refractivity contribution in [3.8, 4) is 0 Å². The molecule has 0 fully saturated rings. The maximum absolute atomic E-state index is 11.2. The van der Waals surface area contributed by atoms with Crippen LogP contribution in [0.2, 0.25) is 0 Å². The van der Waals surface area contributed by atoms with E-state index in [1.807, 2.05) is 19.9 Å². The monoisotopic (exact) mass is 198 g/mol. The highest BCUT2D eigenvalue weighted by Gasteiger charge is 1.99. The lowest BCUT2D eigenvalue weighted by atomic mass is 10.1. The van der Waals surface area contributed by atoms with Gasteiger partial charge in [-0.05, 0) is 25.5 Å². The fourth-order valence-corrected chi connectivity index (χ4v) is 1.05. The molecule has 3 nitrogen and oxygen atoms in total. The molecule has 0 aromatic carbocycles. The molecule has 0 aromatic heterocycles. The van der Waals surface area contributed by atoms with E-state index in [1.165, 1.54) is 7.11 Å². The molecular weight excluding hydrogens is 180 g/mol. The van der Waals surface area contributed by atoms with Crippen LogP contribution in [0, 0.1) is 0 Å². The molecule has 0 saturated heterocycles. The molecule has 0 aliphatic rings. The van der Waals surface area contributed by atoms with E-state index < -0.39 is 0 Å². The van der Waals surface area contributed by atoms with Crippen LogP contribution in [0.15, 0.2) is 23.3 Å². The molecule has 0 unspecified atom stereocenters. The molecule has 0 rings (SSSR count). The van der Waals surface area contributed by atoms with Gasteiger partial charge in [0, 0.05) is 14.2 Å². The summed E-state index contributed by atoms with van der Waals surface area (Å²) in [4.78, 5) is 11.2. The predicted octanol–water partition coefficient (Wildman–Crippen LogP) is 1.74. The van der Waals surface area contributed by atoms with Crippen LogP contribution in [0.25, 0.3) is 0 Å². The number of methoxy groups -OCH3 is 2.